The van der Waals surface area contributed by atoms with Gasteiger partial charge in [-0.05, 0) is 54.1 Å². The van der Waals surface area contributed by atoms with Crippen LogP contribution in [0.25, 0.3) is 10.8 Å². The number of carbonyl (C=O) groups is 3. The van der Waals surface area contributed by atoms with Crippen molar-refractivity contribution in [3.63, 3.8) is 0 Å². The van der Waals surface area contributed by atoms with Crippen LogP contribution in [0, 0.1) is 5.82 Å². The van der Waals surface area contributed by atoms with Gasteiger partial charge in [0.15, 0.2) is 6.10 Å². The summed E-state index contributed by atoms with van der Waals surface area (Å²) >= 11 is 0. The highest BCUT2D eigenvalue weighted by Gasteiger charge is 2.16. The van der Waals surface area contributed by atoms with Crippen LogP contribution in [0.4, 0.5) is 4.39 Å². The van der Waals surface area contributed by atoms with E-state index in [2.05, 4.69) is 16.2 Å². The number of hydrogen-bond donors (Lipinski definition) is 3. The smallest absolute Gasteiger partial charge is 0.279 e. The highest BCUT2D eigenvalue weighted by molar-refractivity contribution is 5.96. The van der Waals surface area contributed by atoms with Gasteiger partial charge in [-0.1, -0.05) is 30.3 Å². The van der Waals surface area contributed by atoms with Gasteiger partial charge in [-0.2, -0.15) is 0 Å². The van der Waals surface area contributed by atoms with E-state index in [1.165, 1.54) is 12.1 Å². The monoisotopic (exact) mass is 409 g/mol. The SMILES string of the molecule is CC(Oc1ccc2ccccc2c1)C(=O)NNC(=O)CNC(=O)c1ccc(F)cc1. The van der Waals surface area contributed by atoms with Crippen molar-refractivity contribution in [1.29, 1.82) is 0 Å². The average Bonchev–Trinajstić information content (AvgIpc) is 2.76. The minimum Gasteiger partial charge on any atom is -0.481 e. The summed E-state index contributed by atoms with van der Waals surface area (Å²) < 4.78 is 18.5. The molecule has 1 unspecified atom stereocenters. The summed E-state index contributed by atoms with van der Waals surface area (Å²) in [6.07, 6.45) is -0.861. The van der Waals surface area contributed by atoms with Crippen LogP contribution in [0.3, 0.4) is 0 Å². The second-order valence-electron chi connectivity index (χ2n) is 6.50. The van der Waals surface area contributed by atoms with E-state index in [-0.39, 0.29) is 12.1 Å². The minimum atomic E-state index is -0.861. The fraction of sp³-hybridized carbons (Fsp3) is 0.136. The maximum absolute atomic E-state index is 12.9. The fourth-order valence-electron chi connectivity index (χ4n) is 2.64. The van der Waals surface area contributed by atoms with Crippen molar-refractivity contribution in [2.75, 3.05) is 6.54 Å². The number of rotatable bonds is 6. The zero-order valence-electron chi connectivity index (χ0n) is 16.1. The lowest BCUT2D eigenvalue weighted by Gasteiger charge is -2.15. The lowest BCUT2D eigenvalue weighted by atomic mass is 10.1. The Labute approximate surface area is 172 Å². The van der Waals surface area contributed by atoms with Crippen molar-refractivity contribution in [2.24, 2.45) is 0 Å². The molecule has 1 atom stereocenters. The topological polar surface area (TPSA) is 96.5 Å². The molecule has 3 aromatic carbocycles. The molecule has 3 rings (SSSR count). The first kappa shape index (κ1) is 20.8. The first-order valence-corrected chi connectivity index (χ1v) is 9.20. The van der Waals surface area contributed by atoms with Crippen molar-refractivity contribution in [3.05, 3.63) is 78.1 Å². The third-order valence-electron chi connectivity index (χ3n) is 4.24. The molecule has 0 aliphatic rings. The molecule has 0 aliphatic carbocycles. The third-order valence-corrected chi connectivity index (χ3v) is 4.24. The van der Waals surface area contributed by atoms with E-state index < -0.39 is 29.6 Å². The van der Waals surface area contributed by atoms with E-state index >= 15 is 0 Å². The van der Waals surface area contributed by atoms with Crippen LogP contribution < -0.4 is 20.9 Å². The second kappa shape index (κ2) is 9.51. The molecule has 7 nitrogen and oxygen atoms in total. The van der Waals surface area contributed by atoms with Crippen LogP contribution in [0.2, 0.25) is 0 Å². The molecule has 30 heavy (non-hydrogen) atoms. The molecule has 3 aromatic rings. The average molecular weight is 409 g/mol. The summed E-state index contributed by atoms with van der Waals surface area (Å²) in [5.74, 6) is -1.66. The van der Waals surface area contributed by atoms with Crippen molar-refractivity contribution in [3.8, 4) is 5.75 Å². The van der Waals surface area contributed by atoms with Gasteiger partial charge in [0.05, 0.1) is 6.54 Å². The van der Waals surface area contributed by atoms with Gasteiger partial charge in [0.25, 0.3) is 17.7 Å². The molecule has 0 fully saturated rings. The molecular formula is C22H20FN3O4. The normalized spacial score (nSPS) is 11.4. The Bertz CT molecular complexity index is 1070. The van der Waals surface area contributed by atoms with Gasteiger partial charge in [0, 0.05) is 5.56 Å². The minimum absolute atomic E-state index is 0.214. The standard InChI is InChI=1S/C22H20FN3O4/c1-14(30-19-11-8-15-4-2-3-5-17(15)12-19)21(28)26-25-20(27)13-24-22(29)16-6-9-18(23)10-7-16/h2-12,14H,13H2,1H3,(H,24,29)(H,25,27)(H,26,28). The zero-order valence-corrected chi connectivity index (χ0v) is 16.1. The van der Waals surface area contributed by atoms with Crippen LogP contribution in [0.5, 0.6) is 5.75 Å². The fourth-order valence-corrected chi connectivity index (χ4v) is 2.64. The Morgan fingerprint density at radius 1 is 0.933 bits per heavy atom. The number of hydrogen-bond acceptors (Lipinski definition) is 4. The van der Waals surface area contributed by atoms with Crippen molar-refractivity contribution >= 4 is 28.5 Å². The van der Waals surface area contributed by atoms with Gasteiger partial charge >= 0.3 is 0 Å². The van der Waals surface area contributed by atoms with E-state index in [0.29, 0.717) is 5.75 Å². The van der Waals surface area contributed by atoms with Gasteiger partial charge < -0.3 is 10.1 Å². The van der Waals surface area contributed by atoms with Crippen LogP contribution >= 0.6 is 0 Å². The summed E-state index contributed by atoms with van der Waals surface area (Å²) in [5, 5.41) is 4.40. The van der Waals surface area contributed by atoms with Crippen LogP contribution in [0.1, 0.15) is 17.3 Å². The molecule has 0 spiro atoms. The molecule has 3 amide bonds. The molecule has 0 bridgehead atoms. The van der Waals surface area contributed by atoms with Gasteiger partial charge in [0.1, 0.15) is 11.6 Å². The highest BCUT2D eigenvalue weighted by Crippen LogP contribution is 2.21. The maximum atomic E-state index is 12.9. The zero-order chi connectivity index (χ0) is 21.5. The van der Waals surface area contributed by atoms with Gasteiger partial charge in [-0.25, -0.2) is 4.39 Å². The van der Waals surface area contributed by atoms with E-state index in [0.717, 1.165) is 22.9 Å². The predicted octanol–water partition coefficient (Wildman–Crippen LogP) is 2.32. The Morgan fingerprint density at radius 3 is 2.37 bits per heavy atom. The lowest BCUT2D eigenvalue weighted by molar-refractivity contribution is -0.132. The van der Waals surface area contributed by atoms with Crippen LogP contribution in [-0.2, 0) is 9.59 Å². The number of nitrogens with one attached hydrogen (secondary N) is 3. The summed E-state index contributed by atoms with van der Waals surface area (Å²) in [6.45, 7) is 1.18. The number of fused-ring (bicyclic) bond motifs is 1. The molecule has 0 heterocycles. The maximum Gasteiger partial charge on any atom is 0.279 e. The molecule has 154 valence electrons. The number of hydrazine groups is 1. The molecule has 3 N–H and O–H groups in total. The molecule has 8 heteroatoms. The second-order valence-corrected chi connectivity index (χ2v) is 6.50. The molecule has 0 aliphatic heterocycles. The van der Waals surface area contributed by atoms with E-state index in [1.807, 2.05) is 36.4 Å². The Kier molecular flexibility index (Phi) is 6.59. The molecular weight excluding hydrogens is 389 g/mol. The van der Waals surface area contributed by atoms with E-state index in [4.69, 9.17) is 4.74 Å². The van der Waals surface area contributed by atoms with E-state index in [9.17, 15) is 18.8 Å². The highest BCUT2D eigenvalue weighted by atomic mass is 19.1. The van der Waals surface area contributed by atoms with Crippen molar-refractivity contribution < 1.29 is 23.5 Å². The van der Waals surface area contributed by atoms with Gasteiger partial charge in [-0.3, -0.25) is 25.2 Å². The number of amides is 3. The van der Waals surface area contributed by atoms with Crippen LogP contribution in [0.15, 0.2) is 66.7 Å². The first-order valence-electron chi connectivity index (χ1n) is 9.20. The number of benzene rings is 3. The summed E-state index contributed by atoms with van der Waals surface area (Å²) in [4.78, 5) is 35.8. The Morgan fingerprint density at radius 2 is 1.63 bits per heavy atom. The number of carbonyl (C=O) groups excluding carboxylic acids is 3. The number of ether oxygens (including phenoxy) is 1. The predicted molar refractivity (Wildman–Crippen MR) is 109 cm³/mol. The largest absolute Gasteiger partial charge is 0.481 e. The van der Waals surface area contributed by atoms with E-state index in [1.54, 1.807) is 13.0 Å². The summed E-state index contributed by atoms with van der Waals surface area (Å²) in [7, 11) is 0. The Balaban J connectivity index is 1.43. The molecule has 0 aromatic heterocycles. The van der Waals surface area contributed by atoms with Gasteiger partial charge in [-0.15, -0.1) is 0 Å². The molecule has 0 radical (unpaired) electrons. The number of halogens is 1. The van der Waals surface area contributed by atoms with Gasteiger partial charge in [0.2, 0.25) is 0 Å². The third kappa shape index (κ3) is 5.54. The summed E-state index contributed by atoms with van der Waals surface area (Å²) in [6, 6.07) is 18.1. The molecule has 0 saturated heterocycles. The summed E-state index contributed by atoms with van der Waals surface area (Å²) in [5.41, 5.74) is 4.66. The molecule has 0 saturated carbocycles. The Hall–Kier alpha value is -3.94. The quantitative estimate of drug-likeness (QED) is 0.545. The first-order chi connectivity index (χ1) is 14.4. The van der Waals surface area contributed by atoms with Crippen molar-refractivity contribution in [2.45, 2.75) is 13.0 Å². The van der Waals surface area contributed by atoms with Crippen LogP contribution in [-0.4, -0.2) is 30.4 Å². The lowest BCUT2D eigenvalue weighted by Crippen LogP contribution is -2.50. The van der Waals surface area contributed by atoms with Crippen molar-refractivity contribution in [1.82, 2.24) is 16.2 Å².